The summed E-state index contributed by atoms with van der Waals surface area (Å²) >= 11 is 0. The van der Waals surface area contributed by atoms with Gasteiger partial charge in [-0.1, -0.05) is 0 Å². The standard InChI is InChI=1S/C20H28N4O2/c1-15-13-16(2)22-20(21-15)24-10-8-23(9-11-24)14-17-6-7-19(26-17)18-5-3-4-12-25-18/h6-7,13,18H,3-5,8-12,14H2,1-2H3/t18-/m1/s1. The molecule has 4 rings (SSSR count). The van der Waals surface area contributed by atoms with E-state index >= 15 is 0 Å². The maximum absolute atomic E-state index is 6.06. The van der Waals surface area contributed by atoms with Gasteiger partial charge in [-0.15, -0.1) is 0 Å². The Morgan fingerprint density at radius 3 is 2.50 bits per heavy atom. The van der Waals surface area contributed by atoms with Gasteiger partial charge in [-0.3, -0.25) is 4.90 Å². The molecule has 1 atom stereocenters. The van der Waals surface area contributed by atoms with Crippen LogP contribution in [0.1, 0.15) is 48.3 Å². The van der Waals surface area contributed by atoms with Gasteiger partial charge in [-0.05, 0) is 51.3 Å². The molecular weight excluding hydrogens is 328 g/mol. The molecule has 0 aliphatic carbocycles. The average Bonchev–Trinajstić information content (AvgIpc) is 3.11. The second kappa shape index (κ2) is 7.76. The Morgan fingerprint density at radius 1 is 1.04 bits per heavy atom. The number of anilines is 1. The van der Waals surface area contributed by atoms with Crippen LogP contribution >= 0.6 is 0 Å². The molecule has 6 heteroatoms. The van der Waals surface area contributed by atoms with E-state index in [1.165, 1.54) is 12.8 Å². The van der Waals surface area contributed by atoms with Gasteiger partial charge in [0.1, 0.15) is 17.6 Å². The summed E-state index contributed by atoms with van der Waals surface area (Å²) in [6.07, 6.45) is 3.61. The maximum atomic E-state index is 6.06. The van der Waals surface area contributed by atoms with Crippen LogP contribution in [0.15, 0.2) is 22.6 Å². The van der Waals surface area contributed by atoms with Gasteiger partial charge in [0.05, 0.1) is 6.54 Å². The Bertz CT molecular complexity index is 711. The summed E-state index contributed by atoms with van der Waals surface area (Å²) in [6.45, 7) is 9.64. The molecule has 2 fully saturated rings. The predicted molar refractivity (Wildman–Crippen MR) is 100 cm³/mol. The van der Waals surface area contributed by atoms with Crippen molar-refractivity contribution in [2.75, 3.05) is 37.7 Å². The van der Waals surface area contributed by atoms with Crippen molar-refractivity contribution in [3.63, 3.8) is 0 Å². The molecule has 0 unspecified atom stereocenters. The Balaban J connectivity index is 1.32. The van der Waals surface area contributed by atoms with E-state index in [4.69, 9.17) is 9.15 Å². The lowest BCUT2D eigenvalue weighted by molar-refractivity contribution is 0.000832. The molecule has 0 radical (unpaired) electrons. The molecule has 0 aromatic carbocycles. The number of aromatic nitrogens is 2. The molecule has 26 heavy (non-hydrogen) atoms. The summed E-state index contributed by atoms with van der Waals surface area (Å²) in [5.74, 6) is 2.88. The van der Waals surface area contributed by atoms with Crippen LogP contribution in [0.3, 0.4) is 0 Å². The predicted octanol–water partition coefficient (Wildman–Crippen LogP) is 3.25. The molecule has 2 saturated heterocycles. The van der Waals surface area contributed by atoms with Gasteiger partial charge < -0.3 is 14.1 Å². The second-order valence-electron chi connectivity index (χ2n) is 7.37. The minimum atomic E-state index is 0.149. The van der Waals surface area contributed by atoms with E-state index in [-0.39, 0.29) is 6.10 Å². The largest absolute Gasteiger partial charge is 0.462 e. The quantitative estimate of drug-likeness (QED) is 0.838. The minimum absolute atomic E-state index is 0.149. The molecule has 0 bridgehead atoms. The van der Waals surface area contributed by atoms with Gasteiger partial charge in [-0.25, -0.2) is 9.97 Å². The fourth-order valence-corrected chi connectivity index (χ4v) is 3.79. The monoisotopic (exact) mass is 356 g/mol. The summed E-state index contributed by atoms with van der Waals surface area (Å²) in [7, 11) is 0. The van der Waals surface area contributed by atoms with Gasteiger partial charge in [0.15, 0.2) is 0 Å². The van der Waals surface area contributed by atoms with Crippen LogP contribution in [0.2, 0.25) is 0 Å². The van der Waals surface area contributed by atoms with E-state index in [9.17, 15) is 0 Å². The lowest BCUT2D eigenvalue weighted by Crippen LogP contribution is -2.46. The number of rotatable bonds is 4. The lowest BCUT2D eigenvalue weighted by atomic mass is 10.1. The summed E-state index contributed by atoms with van der Waals surface area (Å²) in [4.78, 5) is 13.9. The van der Waals surface area contributed by atoms with Crippen LogP contribution in [0.25, 0.3) is 0 Å². The van der Waals surface area contributed by atoms with Crippen molar-refractivity contribution in [3.05, 3.63) is 41.1 Å². The average molecular weight is 356 g/mol. The molecule has 140 valence electrons. The third-order valence-electron chi connectivity index (χ3n) is 5.18. The highest BCUT2D eigenvalue weighted by Gasteiger charge is 2.22. The second-order valence-corrected chi connectivity index (χ2v) is 7.37. The number of nitrogens with zero attached hydrogens (tertiary/aromatic N) is 4. The SMILES string of the molecule is Cc1cc(C)nc(N2CCN(Cc3ccc([C@H]4CCCCO4)o3)CC2)n1. The topological polar surface area (TPSA) is 54.6 Å². The molecule has 2 aliphatic heterocycles. The van der Waals surface area contributed by atoms with E-state index < -0.39 is 0 Å². The lowest BCUT2D eigenvalue weighted by Gasteiger charge is -2.34. The van der Waals surface area contributed by atoms with Crippen LogP contribution < -0.4 is 4.90 Å². The van der Waals surface area contributed by atoms with Crippen LogP contribution in [-0.2, 0) is 11.3 Å². The van der Waals surface area contributed by atoms with Crippen LogP contribution in [0.5, 0.6) is 0 Å². The summed E-state index contributed by atoms with van der Waals surface area (Å²) in [5.41, 5.74) is 2.06. The molecule has 0 amide bonds. The van der Waals surface area contributed by atoms with E-state index in [0.29, 0.717) is 0 Å². The normalized spacial score (nSPS) is 21.9. The highest BCUT2D eigenvalue weighted by atomic mass is 16.5. The zero-order chi connectivity index (χ0) is 17.9. The smallest absolute Gasteiger partial charge is 0.225 e. The first-order valence-electron chi connectivity index (χ1n) is 9.67. The Labute approximate surface area is 155 Å². The zero-order valence-electron chi connectivity index (χ0n) is 15.8. The van der Waals surface area contributed by atoms with E-state index in [0.717, 1.165) is 74.6 Å². The van der Waals surface area contributed by atoms with Crippen molar-refractivity contribution in [2.24, 2.45) is 0 Å². The Hall–Kier alpha value is -1.92. The molecular formula is C20H28N4O2. The molecule has 0 N–H and O–H groups in total. The van der Waals surface area contributed by atoms with Gasteiger partial charge in [0, 0.05) is 44.2 Å². The highest BCUT2D eigenvalue weighted by Crippen LogP contribution is 2.29. The van der Waals surface area contributed by atoms with E-state index in [1.54, 1.807) is 0 Å². The van der Waals surface area contributed by atoms with Crippen molar-refractivity contribution in [2.45, 2.75) is 45.8 Å². The van der Waals surface area contributed by atoms with Gasteiger partial charge >= 0.3 is 0 Å². The van der Waals surface area contributed by atoms with Gasteiger partial charge in [0.25, 0.3) is 0 Å². The van der Waals surface area contributed by atoms with Crippen molar-refractivity contribution < 1.29 is 9.15 Å². The van der Waals surface area contributed by atoms with Crippen LogP contribution in [0.4, 0.5) is 5.95 Å². The van der Waals surface area contributed by atoms with Crippen molar-refractivity contribution in [3.8, 4) is 0 Å². The third kappa shape index (κ3) is 4.07. The number of hydrogen-bond acceptors (Lipinski definition) is 6. The molecule has 2 aromatic heterocycles. The summed E-state index contributed by atoms with van der Waals surface area (Å²) in [6, 6.07) is 6.21. The summed E-state index contributed by atoms with van der Waals surface area (Å²) in [5, 5.41) is 0. The number of furan rings is 1. The van der Waals surface area contributed by atoms with Crippen LogP contribution in [-0.4, -0.2) is 47.7 Å². The first-order chi connectivity index (χ1) is 12.7. The molecule has 2 aliphatic rings. The van der Waals surface area contributed by atoms with Crippen molar-refractivity contribution in [1.82, 2.24) is 14.9 Å². The molecule has 0 saturated carbocycles. The fourth-order valence-electron chi connectivity index (χ4n) is 3.79. The fraction of sp³-hybridized carbons (Fsp3) is 0.600. The first-order valence-corrected chi connectivity index (χ1v) is 9.67. The molecule has 6 nitrogen and oxygen atoms in total. The molecule has 0 spiro atoms. The first kappa shape index (κ1) is 17.5. The highest BCUT2D eigenvalue weighted by molar-refractivity contribution is 5.32. The third-order valence-corrected chi connectivity index (χ3v) is 5.18. The van der Waals surface area contributed by atoms with E-state index in [2.05, 4.69) is 31.9 Å². The number of hydrogen-bond donors (Lipinski definition) is 0. The maximum Gasteiger partial charge on any atom is 0.225 e. The summed E-state index contributed by atoms with van der Waals surface area (Å²) < 4.78 is 11.9. The number of piperazine rings is 1. The Kier molecular flexibility index (Phi) is 5.22. The molecule has 4 heterocycles. The van der Waals surface area contributed by atoms with Crippen molar-refractivity contribution >= 4 is 5.95 Å². The number of aryl methyl sites for hydroxylation is 2. The Morgan fingerprint density at radius 2 is 1.81 bits per heavy atom. The van der Waals surface area contributed by atoms with Crippen LogP contribution in [0, 0.1) is 13.8 Å². The number of ether oxygens (including phenoxy) is 1. The van der Waals surface area contributed by atoms with Gasteiger partial charge in [-0.2, -0.15) is 0 Å². The van der Waals surface area contributed by atoms with Crippen molar-refractivity contribution in [1.29, 1.82) is 0 Å². The van der Waals surface area contributed by atoms with E-state index in [1.807, 2.05) is 19.9 Å². The molecule has 2 aromatic rings. The zero-order valence-corrected chi connectivity index (χ0v) is 15.8. The van der Waals surface area contributed by atoms with Gasteiger partial charge in [0.2, 0.25) is 5.95 Å². The minimum Gasteiger partial charge on any atom is -0.462 e.